The van der Waals surface area contributed by atoms with Crippen LogP contribution in [0.15, 0.2) is 40.0 Å². The molecule has 2 heterocycles. The number of carbonyl (C=O) groups excluding carboxylic acids is 2. The molecular formula is C20H18Cl2N4O7S. The first-order valence-corrected chi connectivity index (χ1v) is 12.1. The highest BCUT2D eigenvalue weighted by Gasteiger charge is 2.30. The molecule has 3 N–H and O–H groups in total. The number of morpholine rings is 1. The van der Waals surface area contributed by atoms with Crippen LogP contribution in [0.4, 0.5) is 5.69 Å². The van der Waals surface area contributed by atoms with Gasteiger partial charge in [0.2, 0.25) is 10.0 Å². The van der Waals surface area contributed by atoms with Crippen molar-refractivity contribution in [2.75, 3.05) is 38.2 Å². The first-order valence-electron chi connectivity index (χ1n) is 9.91. The second-order valence-corrected chi connectivity index (χ2v) is 9.96. The van der Waals surface area contributed by atoms with Gasteiger partial charge < -0.3 is 24.8 Å². The van der Waals surface area contributed by atoms with Gasteiger partial charge in [-0.25, -0.2) is 18.0 Å². The molecule has 0 bridgehead atoms. The number of halogens is 2. The van der Waals surface area contributed by atoms with Crippen LogP contribution in [0.5, 0.6) is 0 Å². The number of aromatic nitrogens is 2. The Balaban J connectivity index is 1.46. The summed E-state index contributed by atoms with van der Waals surface area (Å²) in [5.74, 6) is -1.66. The number of H-pyrrole nitrogens is 2. The second-order valence-electron chi connectivity index (χ2n) is 7.24. The van der Waals surface area contributed by atoms with Gasteiger partial charge in [-0.15, -0.1) is 0 Å². The maximum atomic E-state index is 13.0. The number of carbonyl (C=O) groups is 2. The minimum atomic E-state index is -4.01. The van der Waals surface area contributed by atoms with Crippen LogP contribution in [0.1, 0.15) is 10.4 Å². The maximum Gasteiger partial charge on any atom is 0.340 e. The van der Waals surface area contributed by atoms with E-state index in [9.17, 15) is 22.8 Å². The van der Waals surface area contributed by atoms with Crippen molar-refractivity contribution in [2.24, 2.45) is 0 Å². The molecule has 2 aromatic carbocycles. The number of hydrogen-bond donors (Lipinski definition) is 3. The Kier molecular flexibility index (Phi) is 6.96. The average Bonchev–Trinajstić information content (AvgIpc) is 3.17. The number of sulfonamides is 1. The number of ether oxygens (including phenoxy) is 2. The molecule has 14 heteroatoms. The van der Waals surface area contributed by atoms with Crippen LogP contribution < -0.4 is 11.0 Å². The molecule has 1 aromatic heterocycles. The lowest BCUT2D eigenvalue weighted by atomic mass is 10.2. The summed E-state index contributed by atoms with van der Waals surface area (Å²) < 4.78 is 37.3. The van der Waals surface area contributed by atoms with E-state index in [4.69, 9.17) is 32.7 Å². The lowest BCUT2D eigenvalue weighted by Gasteiger charge is -2.26. The molecule has 4 rings (SSSR count). The largest absolute Gasteiger partial charge is 0.452 e. The molecule has 0 aliphatic carbocycles. The van der Waals surface area contributed by atoms with Crippen molar-refractivity contribution < 1.29 is 27.5 Å². The molecule has 1 amide bonds. The molecule has 0 radical (unpaired) electrons. The monoisotopic (exact) mass is 528 g/mol. The first kappa shape index (κ1) is 24.2. The van der Waals surface area contributed by atoms with Gasteiger partial charge in [-0.05, 0) is 30.3 Å². The smallest absolute Gasteiger partial charge is 0.340 e. The number of amides is 1. The second kappa shape index (κ2) is 9.76. The Morgan fingerprint density at radius 3 is 2.50 bits per heavy atom. The lowest BCUT2D eigenvalue weighted by Crippen LogP contribution is -2.40. The Labute approximate surface area is 203 Å². The fraction of sp³-hybridized carbons (Fsp3) is 0.250. The van der Waals surface area contributed by atoms with E-state index in [1.807, 2.05) is 0 Å². The number of esters is 1. The summed E-state index contributed by atoms with van der Waals surface area (Å²) in [6, 6.07) is 6.86. The first-order chi connectivity index (χ1) is 16.1. The summed E-state index contributed by atoms with van der Waals surface area (Å²) in [6.07, 6.45) is 0. The summed E-state index contributed by atoms with van der Waals surface area (Å²) in [6.45, 7) is 0.0987. The van der Waals surface area contributed by atoms with Crippen LogP contribution >= 0.6 is 23.2 Å². The number of nitrogens with one attached hydrogen (secondary N) is 3. The number of rotatable bonds is 6. The highest BCUT2D eigenvalue weighted by molar-refractivity contribution is 7.89. The zero-order valence-corrected chi connectivity index (χ0v) is 19.7. The highest BCUT2D eigenvalue weighted by atomic mass is 35.5. The van der Waals surface area contributed by atoms with Crippen molar-refractivity contribution >= 4 is 61.8 Å². The third-order valence-corrected chi connectivity index (χ3v) is 7.64. The zero-order valence-electron chi connectivity index (χ0n) is 17.4. The average molecular weight is 529 g/mol. The van der Waals surface area contributed by atoms with E-state index in [-0.39, 0.29) is 52.5 Å². The van der Waals surface area contributed by atoms with Crippen LogP contribution in [0.2, 0.25) is 10.0 Å². The zero-order chi connectivity index (χ0) is 24.5. The van der Waals surface area contributed by atoms with Crippen LogP contribution in [0.3, 0.4) is 0 Å². The van der Waals surface area contributed by atoms with Crippen molar-refractivity contribution in [1.82, 2.24) is 14.3 Å². The Hall–Kier alpha value is -2.90. The van der Waals surface area contributed by atoms with Crippen molar-refractivity contribution in [1.29, 1.82) is 0 Å². The molecule has 180 valence electrons. The van der Waals surface area contributed by atoms with Gasteiger partial charge in [-0.2, -0.15) is 4.31 Å². The topological polar surface area (TPSA) is 151 Å². The quantitative estimate of drug-likeness (QED) is 0.413. The molecule has 0 spiro atoms. The maximum absolute atomic E-state index is 13.0. The van der Waals surface area contributed by atoms with Gasteiger partial charge in [0.1, 0.15) is 4.90 Å². The van der Waals surface area contributed by atoms with E-state index in [1.54, 1.807) is 12.1 Å². The summed E-state index contributed by atoms with van der Waals surface area (Å²) in [4.78, 5) is 41.0. The predicted octanol–water partition coefficient (Wildman–Crippen LogP) is 1.98. The van der Waals surface area contributed by atoms with E-state index in [2.05, 4.69) is 15.3 Å². The third kappa shape index (κ3) is 5.10. The van der Waals surface area contributed by atoms with Crippen molar-refractivity contribution in [3.63, 3.8) is 0 Å². The summed E-state index contributed by atoms with van der Waals surface area (Å²) in [5, 5.41) is 2.26. The Bertz CT molecular complexity index is 1430. The van der Waals surface area contributed by atoms with Gasteiger partial charge in [0.15, 0.2) is 6.61 Å². The summed E-state index contributed by atoms with van der Waals surface area (Å²) in [7, 11) is -4.01. The van der Waals surface area contributed by atoms with Crippen LogP contribution in [0, 0.1) is 0 Å². The minimum absolute atomic E-state index is 0.127. The van der Waals surface area contributed by atoms with Gasteiger partial charge in [0, 0.05) is 18.8 Å². The Morgan fingerprint density at radius 1 is 1.06 bits per heavy atom. The number of fused-ring (bicyclic) bond motifs is 1. The number of benzene rings is 2. The molecule has 1 aliphatic rings. The normalized spacial score (nSPS) is 14.8. The summed E-state index contributed by atoms with van der Waals surface area (Å²) in [5.41, 5.74) is 0.780. The fourth-order valence-corrected chi connectivity index (χ4v) is 5.56. The molecule has 11 nitrogen and oxygen atoms in total. The molecule has 0 unspecified atom stereocenters. The molecule has 3 aromatic rings. The van der Waals surface area contributed by atoms with Gasteiger partial charge in [0.05, 0.1) is 39.9 Å². The van der Waals surface area contributed by atoms with E-state index < -0.39 is 28.5 Å². The van der Waals surface area contributed by atoms with E-state index in [1.165, 1.54) is 10.4 Å². The van der Waals surface area contributed by atoms with Gasteiger partial charge >= 0.3 is 11.7 Å². The number of aromatic amines is 2. The predicted molar refractivity (Wildman–Crippen MR) is 124 cm³/mol. The molecule has 1 saturated heterocycles. The Morgan fingerprint density at radius 2 is 1.76 bits per heavy atom. The van der Waals surface area contributed by atoms with Crippen molar-refractivity contribution in [3.8, 4) is 0 Å². The van der Waals surface area contributed by atoms with Gasteiger partial charge in [-0.1, -0.05) is 23.2 Å². The summed E-state index contributed by atoms with van der Waals surface area (Å²) >= 11 is 12.2. The number of imidazole rings is 1. The molecular weight excluding hydrogens is 511 g/mol. The number of anilines is 1. The SMILES string of the molecule is O=C(COC(=O)c1cc(S(=O)(=O)N2CCOCC2)c(Cl)cc1Cl)Nc1ccc2[nH]c(=O)[nH]c2c1. The minimum Gasteiger partial charge on any atom is -0.452 e. The van der Waals surface area contributed by atoms with Crippen LogP contribution in [-0.4, -0.2) is 67.5 Å². The molecule has 0 atom stereocenters. The number of hydrogen-bond acceptors (Lipinski definition) is 7. The van der Waals surface area contributed by atoms with Gasteiger partial charge in [-0.3, -0.25) is 4.79 Å². The van der Waals surface area contributed by atoms with E-state index in [0.29, 0.717) is 16.7 Å². The van der Waals surface area contributed by atoms with E-state index in [0.717, 1.165) is 12.1 Å². The molecule has 1 fully saturated rings. The van der Waals surface area contributed by atoms with Gasteiger partial charge in [0.25, 0.3) is 5.91 Å². The number of nitrogens with zero attached hydrogens (tertiary/aromatic N) is 1. The van der Waals surface area contributed by atoms with Crippen LogP contribution in [-0.2, 0) is 24.3 Å². The third-order valence-electron chi connectivity index (χ3n) is 4.96. The van der Waals surface area contributed by atoms with Crippen molar-refractivity contribution in [2.45, 2.75) is 4.90 Å². The molecule has 0 saturated carbocycles. The lowest BCUT2D eigenvalue weighted by molar-refractivity contribution is -0.119. The van der Waals surface area contributed by atoms with E-state index >= 15 is 0 Å². The van der Waals surface area contributed by atoms with Crippen molar-refractivity contribution in [3.05, 3.63) is 56.4 Å². The molecule has 34 heavy (non-hydrogen) atoms. The highest BCUT2D eigenvalue weighted by Crippen LogP contribution is 2.31. The standard InChI is InChI=1S/C20H18Cl2N4O7S/c21-13-9-14(22)17(34(30,31)26-3-5-32-6-4-26)8-12(13)19(28)33-10-18(27)23-11-1-2-15-16(7-11)25-20(29)24-15/h1-2,7-9H,3-6,10H2,(H,23,27)(H2,24,25,29). The molecule has 1 aliphatic heterocycles. The fourth-order valence-electron chi connectivity index (χ4n) is 3.33. The van der Waals surface area contributed by atoms with Crippen LogP contribution in [0.25, 0.3) is 11.0 Å².